The Morgan fingerprint density at radius 3 is 2.82 bits per heavy atom. The van der Waals surface area contributed by atoms with Crippen molar-refractivity contribution in [3.8, 4) is 11.3 Å². The lowest BCUT2D eigenvalue weighted by atomic mass is 9.93. The van der Waals surface area contributed by atoms with Crippen molar-refractivity contribution >= 4 is 5.91 Å². The zero-order chi connectivity index (χ0) is 15.5. The maximum Gasteiger partial charge on any atom is 0.219 e. The smallest absolute Gasteiger partial charge is 0.219 e. The van der Waals surface area contributed by atoms with Gasteiger partial charge in [0.1, 0.15) is 0 Å². The van der Waals surface area contributed by atoms with Gasteiger partial charge < -0.3 is 4.90 Å². The Kier molecular flexibility index (Phi) is 4.18. The summed E-state index contributed by atoms with van der Waals surface area (Å²) in [6, 6.07) is 0. The lowest BCUT2D eigenvalue weighted by Gasteiger charge is -2.31. The van der Waals surface area contributed by atoms with Crippen LogP contribution in [0.15, 0.2) is 24.8 Å². The Balaban J connectivity index is 1.65. The molecule has 1 fully saturated rings. The number of hydrogen-bond donors (Lipinski definition) is 0. The van der Waals surface area contributed by atoms with Gasteiger partial charge in [-0.2, -0.15) is 5.10 Å². The molecule has 1 aliphatic rings. The number of amides is 1. The van der Waals surface area contributed by atoms with Crippen molar-refractivity contribution in [3.63, 3.8) is 0 Å². The molecular formula is C16H21N5O. The van der Waals surface area contributed by atoms with Gasteiger partial charge in [0.15, 0.2) is 0 Å². The van der Waals surface area contributed by atoms with Crippen molar-refractivity contribution in [1.29, 1.82) is 0 Å². The molecule has 3 heterocycles. The Hall–Kier alpha value is -2.24. The maximum absolute atomic E-state index is 11.5. The highest BCUT2D eigenvalue weighted by atomic mass is 16.2. The van der Waals surface area contributed by atoms with Crippen LogP contribution in [-0.4, -0.2) is 43.6 Å². The number of aromatic nitrogens is 4. The second kappa shape index (κ2) is 6.25. The van der Waals surface area contributed by atoms with Crippen molar-refractivity contribution in [2.75, 3.05) is 13.1 Å². The minimum atomic E-state index is 0.169. The van der Waals surface area contributed by atoms with E-state index in [1.54, 1.807) is 24.0 Å². The van der Waals surface area contributed by atoms with Crippen molar-refractivity contribution in [1.82, 2.24) is 24.6 Å². The maximum atomic E-state index is 11.5. The van der Waals surface area contributed by atoms with Crippen molar-refractivity contribution < 1.29 is 4.79 Å². The van der Waals surface area contributed by atoms with Gasteiger partial charge in [-0.3, -0.25) is 19.4 Å². The Morgan fingerprint density at radius 2 is 2.18 bits per heavy atom. The van der Waals surface area contributed by atoms with Gasteiger partial charge >= 0.3 is 0 Å². The van der Waals surface area contributed by atoms with Crippen LogP contribution < -0.4 is 0 Å². The number of likely N-dealkylation sites (tertiary alicyclic amines) is 1. The second-order valence-corrected chi connectivity index (χ2v) is 5.97. The van der Waals surface area contributed by atoms with E-state index in [0.717, 1.165) is 49.3 Å². The van der Waals surface area contributed by atoms with Gasteiger partial charge in [0.2, 0.25) is 5.91 Å². The molecule has 0 aromatic carbocycles. The zero-order valence-electron chi connectivity index (χ0n) is 13.1. The summed E-state index contributed by atoms with van der Waals surface area (Å²) in [4.78, 5) is 22.4. The van der Waals surface area contributed by atoms with Gasteiger partial charge in [-0.05, 0) is 25.2 Å². The van der Waals surface area contributed by atoms with E-state index >= 15 is 0 Å². The summed E-state index contributed by atoms with van der Waals surface area (Å²) >= 11 is 0. The van der Waals surface area contributed by atoms with Crippen LogP contribution in [0, 0.1) is 5.92 Å². The summed E-state index contributed by atoms with van der Waals surface area (Å²) in [7, 11) is 1.88. The Labute approximate surface area is 130 Å². The lowest BCUT2D eigenvalue weighted by molar-refractivity contribution is -0.130. The number of hydrogen-bond acceptors (Lipinski definition) is 4. The molecule has 1 atom stereocenters. The molecule has 3 rings (SSSR count). The molecule has 1 aliphatic heterocycles. The molecule has 0 unspecified atom stereocenters. The molecule has 0 saturated carbocycles. The van der Waals surface area contributed by atoms with E-state index < -0.39 is 0 Å². The van der Waals surface area contributed by atoms with E-state index in [1.165, 1.54) is 0 Å². The number of nitrogens with zero attached hydrogens (tertiary/aromatic N) is 5. The first-order valence-corrected chi connectivity index (χ1v) is 7.67. The van der Waals surface area contributed by atoms with Crippen LogP contribution in [-0.2, 0) is 18.3 Å². The highest BCUT2D eigenvalue weighted by Crippen LogP contribution is 2.21. The number of carbonyl (C=O) groups excluding carboxylic acids is 1. The lowest BCUT2D eigenvalue weighted by Crippen LogP contribution is -2.39. The van der Waals surface area contributed by atoms with Gasteiger partial charge in [0, 0.05) is 45.0 Å². The summed E-state index contributed by atoms with van der Waals surface area (Å²) in [5.74, 6) is 0.652. The minimum Gasteiger partial charge on any atom is -0.343 e. The minimum absolute atomic E-state index is 0.169. The van der Waals surface area contributed by atoms with E-state index in [2.05, 4.69) is 15.1 Å². The first-order valence-electron chi connectivity index (χ1n) is 7.67. The fourth-order valence-corrected chi connectivity index (χ4v) is 2.98. The third-order valence-corrected chi connectivity index (χ3v) is 4.17. The SMILES string of the molecule is CC(=O)N1CCC[C@H](Cc2cnc(-c3cnn(C)c3)cn2)C1. The van der Waals surface area contributed by atoms with Crippen LogP contribution >= 0.6 is 0 Å². The third kappa shape index (κ3) is 3.32. The van der Waals surface area contributed by atoms with Crippen LogP contribution in [0.4, 0.5) is 0 Å². The molecular weight excluding hydrogens is 278 g/mol. The van der Waals surface area contributed by atoms with E-state index in [4.69, 9.17) is 0 Å². The van der Waals surface area contributed by atoms with Gasteiger partial charge in [-0.15, -0.1) is 0 Å². The number of rotatable bonds is 3. The Morgan fingerprint density at radius 1 is 1.32 bits per heavy atom. The monoisotopic (exact) mass is 299 g/mol. The summed E-state index contributed by atoms with van der Waals surface area (Å²) in [6.45, 7) is 3.36. The van der Waals surface area contributed by atoms with Crippen LogP contribution in [0.2, 0.25) is 0 Å². The van der Waals surface area contributed by atoms with E-state index in [1.807, 2.05) is 24.3 Å². The average molecular weight is 299 g/mol. The molecule has 0 spiro atoms. The fourth-order valence-electron chi connectivity index (χ4n) is 2.98. The van der Waals surface area contributed by atoms with Gasteiger partial charge in [-0.25, -0.2) is 0 Å². The van der Waals surface area contributed by atoms with Crippen LogP contribution in [0.25, 0.3) is 11.3 Å². The van der Waals surface area contributed by atoms with Gasteiger partial charge in [0.25, 0.3) is 0 Å². The summed E-state index contributed by atoms with van der Waals surface area (Å²) < 4.78 is 1.75. The van der Waals surface area contributed by atoms with Crippen molar-refractivity contribution in [2.45, 2.75) is 26.2 Å². The van der Waals surface area contributed by atoms with Gasteiger partial charge in [0.05, 0.1) is 23.8 Å². The molecule has 2 aromatic heterocycles. The fraction of sp³-hybridized carbons (Fsp3) is 0.500. The van der Waals surface area contributed by atoms with Crippen molar-refractivity contribution in [3.05, 3.63) is 30.5 Å². The standard InChI is InChI=1S/C16H21N5O/c1-12(22)21-5-3-4-13(10-21)6-15-8-18-16(9-17-15)14-7-19-20(2)11-14/h7-9,11,13H,3-6,10H2,1-2H3/t13-/m1/s1. The first-order chi connectivity index (χ1) is 10.6. The average Bonchev–Trinajstić information content (AvgIpc) is 2.95. The summed E-state index contributed by atoms with van der Waals surface area (Å²) in [6.07, 6.45) is 10.5. The molecule has 0 N–H and O–H groups in total. The molecule has 1 amide bonds. The number of piperidine rings is 1. The predicted octanol–water partition coefficient (Wildman–Crippen LogP) is 1.68. The molecule has 0 aliphatic carbocycles. The molecule has 0 bridgehead atoms. The van der Waals surface area contributed by atoms with E-state index in [-0.39, 0.29) is 5.91 Å². The third-order valence-electron chi connectivity index (χ3n) is 4.17. The molecule has 1 saturated heterocycles. The summed E-state index contributed by atoms with van der Waals surface area (Å²) in [5, 5.41) is 4.15. The molecule has 6 heteroatoms. The zero-order valence-corrected chi connectivity index (χ0v) is 13.1. The van der Waals surface area contributed by atoms with Crippen LogP contribution in [0.5, 0.6) is 0 Å². The first kappa shape index (κ1) is 14.7. The molecule has 22 heavy (non-hydrogen) atoms. The Bertz CT molecular complexity index is 649. The van der Waals surface area contributed by atoms with E-state index in [9.17, 15) is 4.79 Å². The largest absolute Gasteiger partial charge is 0.343 e. The molecule has 2 aromatic rings. The second-order valence-electron chi connectivity index (χ2n) is 5.97. The molecule has 116 valence electrons. The van der Waals surface area contributed by atoms with Crippen LogP contribution in [0.1, 0.15) is 25.5 Å². The highest BCUT2D eigenvalue weighted by molar-refractivity contribution is 5.73. The molecule has 6 nitrogen and oxygen atoms in total. The van der Waals surface area contributed by atoms with Crippen molar-refractivity contribution in [2.24, 2.45) is 13.0 Å². The predicted molar refractivity (Wildman–Crippen MR) is 82.9 cm³/mol. The number of aryl methyl sites for hydroxylation is 1. The van der Waals surface area contributed by atoms with Crippen LogP contribution in [0.3, 0.4) is 0 Å². The quantitative estimate of drug-likeness (QED) is 0.865. The highest BCUT2D eigenvalue weighted by Gasteiger charge is 2.22. The topological polar surface area (TPSA) is 63.9 Å². The summed E-state index contributed by atoms with van der Waals surface area (Å²) in [5.41, 5.74) is 2.80. The number of carbonyl (C=O) groups is 1. The van der Waals surface area contributed by atoms with Gasteiger partial charge in [-0.1, -0.05) is 0 Å². The van der Waals surface area contributed by atoms with E-state index in [0.29, 0.717) is 5.92 Å². The molecule has 0 radical (unpaired) electrons. The normalized spacial score (nSPS) is 18.5.